The second kappa shape index (κ2) is 7.91. The Balaban J connectivity index is 2.65. The van der Waals surface area contributed by atoms with Gasteiger partial charge in [-0.1, -0.05) is 34.8 Å². The van der Waals surface area contributed by atoms with Crippen LogP contribution in [-0.2, 0) is 9.53 Å². The lowest BCUT2D eigenvalue weighted by Gasteiger charge is -2.14. The number of methoxy groups -OCH3 is 1. The van der Waals surface area contributed by atoms with Crippen LogP contribution in [0.25, 0.3) is 11.3 Å². The number of hydrogen-bond acceptors (Lipinski definition) is 5. The standard InChI is InChI=1S/C16H13Cl3N2O4/c1-7-10(17)5-4-9(13(7)18)11-6-12(20-8(2)22)14(19)15(21-11)25-16(23)24-3/h4-6H,1-3H3,(H,20,21,22). The lowest BCUT2D eigenvalue weighted by atomic mass is 10.1. The Morgan fingerprint density at radius 3 is 2.44 bits per heavy atom. The summed E-state index contributed by atoms with van der Waals surface area (Å²) >= 11 is 18.5. The summed E-state index contributed by atoms with van der Waals surface area (Å²) in [5, 5.41) is 3.37. The Kier molecular flexibility index (Phi) is 6.11. The number of benzene rings is 1. The van der Waals surface area contributed by atoms with Gasteiger partial charge in [-0.05, 0) is 30.7 Å². The number of rotatable bonds is 3. The maximum absolute atomic E-state index is 11.4. The molecule has 2 rings (SSSR count). The molecule has 0 saturated heterocycles. The SMILES string of the molecule is COC(=O)Oc1nc(-c2ccc(Cl)c(C)c2Cl)cc(NC(C)=O)c1Cl. The number of carbonyl (C=O) groups excluding carboxylic acids is 2. The Hall–Kier alpha value is -2.02. The third kappa shape index (κ3) is 4.34. The smallest absolute Gasteiger partial charge is 0.437 e. The molecule has 132 valence electrons. The van der Waals surface area contributed by atoms with Crippen molar-refractivity contribution in [2.24, 2.45) is 0 Å². The van der Waals surface area contributed by atoms with E-state index in [9.17, 15) is 9.59 Å². The second-order valence-electron chi connectivity index (χ2n) is 4.95. The minimum Gasteiger partial charge on any atom is -0.437 e. The summed E-state index contributed by atoms with van der Waals surface area (Å²) in [7, 11) is 1.15. The van der Waals surface area contributed by atoms with E-state index in [1.807, 2.05) is 0 Å². The van der Waals surface area contributed by atoms with E-state index in [1.54, 1.807) is 19.1 Å². The van der Waals surface area contributed by atoms with E-state index < -0.39 is 6.16 Å². The number of ether oxygens (including phenoxy) is 2. The highest BCUT2D eigenvalue weighted by molar-refractivity contribution is 6.38. The molecule has 0 atom stereocenters. The fourth-order valence-corrected chi connectivity index (χ4v) is 2.62. The first-order chi connectivity index (χ1) is 11.7. The van der Waals surface area contributed by atoms with Crippen LogP contribution in [0.1, 0.15) is 12.5 Å². The first kappa shape index (κ1) is 19.3. The van der Waals surface area contributed by atoms with Crippen LogP contribution in [0, 0.1) is 6.92 Å². The molecule has 1 aromatic heterocycles. The Morgan fingerprint density at radius 1 is 1.16 bits per heavy atom. The van der Waals surface area contributed by atoms with Crippen molar-refractivity contribution in [2.75, 3.05) is 12.4 Å². The lowest BCUT2D eigenvalue weighted by molar-refractivity contribution is -0.114. The fraction of sp³-hybridized carbons (Fsp3) is 0.188. The van der Waals surface area contributed by atoms with Gasteiger partial charge in [0.2, 0.25) is 11.8 Å². The molecule has 0 unspecified atom stereocenters. The van der Waals surface area contributed by atoms with E-state index in [1.165, 1.54) is 13.0 Å². The number of aromatic nitrogens is 1. The highest BCUT2D eigenvalue weighted by Gasteiger charge is 2.19. The molecule has 1 heterocycles. The van der Waals surface area contributed by atoms with E-state index in [4.69, 9.17) is 39.5 Å². The number of halogens is 3. The summed E-state index contributed by atoms with van der Waals surface area (Å²) in [6.45, 7) is 3.07. The van der Waals surface area contributed by atoms with Gasteiger partial charge >= 0.3 is 6.16 Å². The molecular formula is C16H13Cl3N2O4. The van der Waals surface area contributed by atoms with Gasteiger partial charge in [0.1, 0.15) is 5.02 Å². The zero-order valence-corrected chi connectivity index (χ0v) is 15.7. The topological polar surface area (TPSA) is 77.5 Å². The first-order valence-electron chi connectivity index (χ1n) is 6.93. The van der Waals surface area contributed by atoms with E-state index in [2.05, 4.69) is 15.0 Å². The Morgan fingerprint density at radius 2 is 1.84 bits per heavy atom. The van der Waals surface area contributed by atoms with Gasteiger partial charge in [0, 0.05) is 17.5 Å². The Labute approximate surface area is 159 Å². The van der Waals surface area contributed by atoms with E-state index in [-0.39, 0.29) is 22.5 Å². The van der Waals surface area contributed by atoms with Gasteiger partial charge in [0.05, 0.1) is 23.5 Å². The summed E-state index contributed by atoms with van der Waals surface area (Å²) in [4.78, 5) is 27.0. The number of hydrogen-bond donors (Lipinski definition) is 1. The number of amides is 1. The van der Waals surface area contributed by atoms with Crippen molar-refractivity contribution in [1.82, 2.24) is 4.98 Å². The molecule has 1 amide bonds. The molecule has 9 heteroatoms. The first-order valence-corrected chi connectivity index (χ1v) is 8.06. The summed E-state index contributed by atoms with van der Waals surface area (Å²) in [5.74, 6) is -0.583. The average Bonchev–Trinajstić information content (AvgIpc) is 2.55. The van der Waals surface area contributed by atoms with Crippen molar-refractivity contribution < 1.29 is 19.1 Å². The molecular weight excluding hydrogens is 391 g/mol. The van der Waals surface area contributed by atoms with Gasteiger partial charge in [-0.15, -0.1) is 0 Å². The molecule has 2 aromatic rings. The number of nitrogens with zero attached hydrogens (tertiary/aromatic N) is 1. The Bertz CT molecular complexity index is 856. The minimum absolute atomic E-state index is 0.0499. The zero-order chi connectivity index (χ0) is 18.7. The van der Waals surface area contributed by atoms with Gasteiger partial charge < -0.3 is 14.8 Å². The number of anilines is 1. The largest absolute Gasteiger partial charge is 0.514 e. The molecule has 0 saturated carbocycles. The summed E-state index contributed by atoms with van der Waals surface area (Å²) in [6, 6.07) is 4.84. The van der Waals surface area contributed by atoms with E-state index in [0.717, 1.165) is 7.11 Å². The van der Waals surface area contributed by atoms with Crippen LogP contribution in [0.2, 0.25) is 15.1 Å². The zero-order valence-electron chi connectivity index (χ0n) is 13.4. The second-order valence-corrected chi connectivity index (χ2v) is 6.11. The number of carbonyl (C=O) groups is 2. The van der Waals surface area contributed by atoms with Crippen LogP contribution in [0.15, 0.2) is 18.2 Å². The van der Waals surface area contributed by atoms with Crippen molar-refractivity contribution in [1.29, 1.82) is 0 Å². The van der Waals surface area contributed by atoms with Gasteiger partial charge in [-0.25, -0.2) is 9.78 Å². The maximum Gasteiger partial charge on any atom is 0.514 e. The molecule has 6 nitrogen and oxygen atoms in total. The molecule has 0 radical (unpaired) electrons. The lowest BCUT2D eigenvalue weighted by Crippen LogP contribution is -2.12. The summed E-state index contributed by atoms with van der Waals surface area (Å²) in [5.41, 5.74) is 1.73. The van der Waals surface area contributed by atoms with Crippen molar-refractivity contribution in [3.05, 3.63) is 38.8 Å². The highest BCUT2D eigenvalue weighted by Crippen LogP contribution is 2.39. The van der Waals surface area contributed by atoms with Crippen LogP contribution in [0.4, 0.5) is 10.5 Å². The molecule has 0 aliphatic heterocycles. The normalized spacial score (nSPS) is 10.3. The van der Waals surface area contributed by atoms with Crippen LogP contribution in [0.5, 0.6) is 5.88 Å². The van der Waals surface area contributed by atoms with Crippen LogP contribution < -0.4 is 10.1 Å². The van der Waals surface area contributed by atoms with Crippen molar-refractivity contribution in [2.45, 2.75) is 13.8 Å². The predicted molar refractivity (Wildman–Crippen MR) is 96.8 cm³/mol. The predicted octanol–water partition coefficient (Wildman–Crippen LogP) is 5.12. The maximum atomic E-state index is 11.4. The molecule has 1 aromatic carbocycles. The highest BCUT2D eigenvalue weighted by atomic mass is 35.5. The average molecular weight is 404 g/mol. The molecule has 0 spiro atoms. The molecule has 25 heavy (non-hydrogen) atoms. The van der Waals surface area contributed by atoms with Crippen LogP contribution >= 0.6 is 34.8 Å². The monoisotopic (exact) mass is 402 g/mol. The fourth-order valence-electron chi connectivity index (χ4n) is 1.97. The number of pyridine rings is 1. The van der Waals surface area contributed by atoms with Gasteiger partial charge in [0.25, 0.3) is 0 Å². The van der Waals surface area contributed by atoms with Crippen molar-refractivity contribution in [3.8, 4) is 17.1 Å². The molecule has 0 aliphatic rings. The quantitative estimate of drug-likeness (QED) is 0.720. The minimum atomic E-state index is -1.00. The van der Waals surface area contributed by atoms with Crippen molar-refractivity contribution in [3.63, 3.8) is 0 Å². The van der Waals surface area contributed by atoms with Gasteiger partial charge in [0.15, 0.2) is 0 Å². The summed E-state index contributed by atoms with van der Waals surface area (Å²) < 4.78 is 9.39. The van der Waals surface area contributed by atoms with Crippen LogP contribution in [-0.4, -0.2) is 24.2 Å². The molecule has 0 aliphatic carbocycles. The number of nitrogens with one attached hydrogen (secondary N) is 1. The summed E-state index contributed by atoms with van der Waals surface area (Å²) in [6.07, 6.45) is -1.00. The molecule has 0 fully saturated rings. The third-order valence-electron chi connectivity index (χ3n) is 3.18. The van der Waals surface area contributed by atoms with Crippen molar-refractivity contribution >= 4 is 52.6 Å². The van der Waals surface area contributed by atoms with E-state index in [0.29, 0.717) is 26.9 Å². The third-order valence-corrected chi connectivity index (χ3v) is 4.44. The molecule has 1 N–H and O–H groups in total. The van der Waals surface area contributed by atoms with Gasteiger partial charge in [-0.3, -0.25) is 4.79 Å². The molecule has 0 bridgehead atoms. The van der Waals surface area contributed by atoms with Crippen LogP contribution in [0.3, 0.4) is 0 Å². The van der Waals surface area contributed by atoms with Gasteiger partial charge in [-0.2, -0.15) is 0 Å². The van der Waals surface area contributed by atoms with E-state index >= 15 is 0 Å².